The van der Waals surface area contributed by atoms with Gasteiger partial charge in [0.25, 0.3) is 0 Å². The summed E-state index contributed by atoms with van der Waals surface area (Å²) < 4.78 is 1.06. The minimum Gasteiger partial charge on any atom is -0.356 e. The standard InChI is InChI=1S/C17H28BrN3/c1-13(2)10-19-11-14-9-15(18)12-20-17(14)21(3)16-7-5-4-6-8-16/h9,12-13,16,19H,4-8,10-11H2,1-3H3. The van der Waals surface area contributed by atoms with Gasteiger partial charge >= 0.3 is 0 Å². The average Bonchev–Trinajstić information content (AvgIpc) is 2.47. The zero-order valence-electron chi connectivity index (χ0n) is 13.5. The summed E-state index contributed by atoms with van der Waals surface area (Å²) in [4.78, 5) is 7.09. The van der Waals surface area contributed by atoms with Gasteiger partial charge in [0.1, 0.15) is 5.82 Å². The van der Waals surface area contributed by atoms with E-state index in [9.17, 15) is 0 Å². The van der Waals surface area contributed by atoms with Crippen LogP contribution in [0.2, 0.25) is 0 Å². The fraction of sp³-hybridized carbons (Fsp3) is 0.706. The van der Waals surface area contributed by atoms with Crippen LogP contribution in [0.25, 0.3) is 0 Å². The summed E-state index contributed by atoms with van der Waals surface area (Å²) >= 11 is 3.55. The van der Waals surface area contributed by atoms with Gasteiger partial charge in [0.15, 0.2) is 0 Å². The van der Waals surface area contributed by atoms with Gasteiger partial charge < -0.3 is 10.2 Å². The van der Waals surface area contributed by atoms with E-state index in [1.54, 1.807) is 0 Å². The van der Waals surface area contributed by atoms with Gasteiger partial charge in [-0.15, -0.1) is 0 Å². The number of hydrogen-bond donors (Lipinski definition) is 1. The minimum atomic E-state index is 0.649. The van der Waals surface area contributed by atoms with Crippen LogP contribution in [0.15, 0.2) is 16.7 Å². The first-order valence-corrected chi connectivity index (χ1v) is 8.95. The summed E-state index contributed by atoms with van der Waals surface area (Å²) in [6.07, 6.45) is 8.61. The molecule has 0 saturated heterocycles. The number of anilines is 1. The number of pyridine rings is 1. The predicted molar refractivity (Wildman–Crippen MR) is 93.8 cm³/mol. The lowest BCUT2D eigenvalue weighted by molar-refractivity contribution is 0.425. The van der Waals surface area contributed by atoms with E-state index in [-0.39, 0.29) is 0 Å². The van der Waals surface area contributed by atoms with Crippen molar-refractivity contribution in [2.75, 3.05) is 18.5 Å². The second-order valence-electron chi connectivity index (χ2n) is 6.56. The van der Waals surface area contributed by atoms with E-state index in [0.717, 1.165) is 23.4 Å². The van der Waals surface area contributed by atoms with Crippen LogP contribution in [0.3, 0.4) is 0 Å². The van der Waals surface area contributed by atoms with Gasteiger partial charge in [-0.05, 0) is 47.3 Å². The predicted octanol–water partition coefficient (Wildman–Crippen LogP) is 4.36. The summed E-state index contributed by atoms with van der Waals surface area (Å²) in [5, 5.41) is 3.54. The van der Waals surface area contributed by atoms with Crippen molar-refractivity contribution in [1.82, 2.24) is 10.3 Å². The number of rotatable bonds is 6. The molecule has 0 spiro atoms. The van der Waals surface area contributed by atoms with Gasteiger partial charge in [0.2, 0.25) is 0 Å². The monoisotopic (exact) mass is 353 g/mol. The van der Waals surface area contributed by atoms with Crippen molar-refractivity contribution in [3.63, 3.8) is 0 Å². The molecular weight excluding hydrogens is 326 g/mol. The molecule has 0 bridgehead atoms. The highest BCUT2D eigenvalue weighted by Crippen LogP contribution is 2.28. The van der Waals surface area contributed by atoms with Crippen molar-refractivity contribution in [3.05, 3.63) is 22.3 Å². The smallest absolute Gasteiger partial charge is 0.133 e. The van der Waals surface area contributed by atoms with Crippen LogP contribution in [-0.2, 0) is 6.54 Å². The van der Waals surface area contributed by atoms with Crippen molar-refractivity contribution in [2.45, 2.75) is 58.5 Å². The van der Waals surface area contributed by atoms with Crippen molar-refractivity contribution in [3.8, 4) is 0 Å². The van der Waals surface area contributed by atoms with Crippen LogP contribution in [-0.4, -0.2) is 24.6 Å². The maximum atomic E-state index is 4.69. The quantitative estimate of drug-likeness (QED) is 0.823. The lowest BCUT2D eigenvalue weighted by Gasteiger charge is -2.33. The normalized spacial score (nSPS) is 16.4. The Bertz CT molecular complexity index is 442. The van der Waals surface area contributed by atoms with Crippen LogP contribution in [0.1, 0.15) is 51.5 Å². The van der Waals surface area contributed by atoms with E-state index in [0.29, 0.717) is 12.0 Å². The maximum absolute atomic E-state index is 4.69. The summed E-state index contributed by atoms with van der Waals surface area (Å²) in [5.74, 6) is 1.81. The Hall–Kier alpha value is -0.610. The molecule has 1 heterocycles. The zero-order valence-corrected chi connectivity index (χ0v) is 15.1. The molecule has 0 aliphatic heterocycles. The first-order chi connectivity index (χ1) is 10.1. The number of aromatic nitrogens is 1. The molecule has 1 aromatic rings. The molecule has 1 saturated carbocycles. The van der Waals surface area contributed by atoms with E-state index >= 15 is 0 Å². The Morgan fingerprint density at radius 1 is 1.33 bits per heavy atom. The summed E-state index contributed by atoms with van der Waals surface area (Å²) in [6, 6.07) is 2.85. The third-order valence-corrected chi connectivity index (χ3v) is 4.67. The van der Waals surface area contributed by atoms with E-state index < -0.39 is 0 Å². The van der Waals surface area contributed by atoms with Gasteiger partial charge in [-0.25, -0.2) is 4.98 Å². The zero-order chi connectivity index (χ0) is 15.2. The minimum absolute atomic E-state index is 0.649. The van der Waals surface area contributed by atoms with E-state index in [1.807, 2.05) is 6.20 Å². The Kier molecular flexibility index (Phi) is 6.49. The van der Waals surface area contributed by atoms with Gasteiger partial charge in [0, 0.05) is 35.9 Å². The molecular formula is C17H28BrN3. The molecule has 118 valence electrons. The molecule has 1 aromatic heterocycles. The average molecular weight is 354 g/mol. The Morgan fingerprint density at radius 3 is 2.71 bits per heavy atom. The molecule has 1 fully saturated rings. The molecule has 2 rings (SSSR count). The first kappa shape index (κ1) is 16.8. The second kappa shape index (κ2) is 8.14. The van der Waals surface area contributed by atoms with E-state index in [1.165, 1.54) is 37.7 Å². The van der Waals surface area contributed by atoms with Crippen LogP contribution < -0.4 is 10.2 Å². The maximum Gasteiger partial charge on any atom is 0.133 e. The van der Waals surface area contributed by atoms with Crippen LogP contribution in [0.4, 0.5) is 5.82 Å². The van der Waals surface area contributed by atoms with Crippen LogP contribution >= 0.6 is 15.9 Å². The van der Waals surface area contributed by atoms with Gasteiger partial charge in [-0.2, -0.15) is 0 Å². The molecule has 1 aliphatic rings. The molecule has 21 heavy (non-hydrogen) atoms. The second-order valence-corrected chi connectivity index (χ2v) is 7.48. The first-order valence-electron chi connectivity index (χ1n) is 8.16. The highest BCUT2D eigenvalue weighted by atomic mass is 79.9. The lowest BCUT2D eigenvalue weighted by atomic mass is 9.94. The highest BCUT2D eigenvalue weighted by Gasteiger charge is 2.21. The molecule has 1 N–H and O–H groups in total. The molecule has 3 nitrogen and oxygen atoms in total. The highest BCUT2D eigenvalue weighted by molar-refractivity contribution is 9.10. The summed E-state index contributed by atoms with van der Waals surface area (Å²) in [7, 11) is 2.21. The molecule has 0 amide bonds. The van der Waals surface area contributed by atoms with Crippen molar-refractivity contribution >= 4 is 21.7 Å². The molecule has 1 aliphatic carbocycles. The van der Waals surface area contributed by atoms with Crippen molar-refractivity contribution in [2.24, 2.45) is 5.92 Å². The Morgan fingerprint density at radius 2 is 2.05 bits per heavy atom. The summed E-state index contributed by atoms with van der Waals surface area (Å²) in [6.45, 7) is 6.40. The number of halogens is 1. The third-order valence-electron chi connectivity index (χ3n) is 4.23. The molecule has 0 radical (unpaired) electrons. The number of nitrogens with one attached hydrogen (secondary N) is 1. The fourth-order valence-corrected chi connectivity index (χ4v) is 3.44. The van der Waals surface area contributed by atoms with E-state index in [2.05, 4.69) is 53.1 Å². The lowest BCUT2D eigenvalue weighted by Crippen LogP contribution is -2.35. The van der Waals surface area contributed by atoms with Crippen LogP contribution in [0, 0.1) is 5.92 Å². The number of hydrogen-bond acceptors (Lipinski definition) is 3. The van der Waals surface area contributed by atoms with E-state index in [4.69, 9.17) is 4.98 Å². The molecule has 0 aromatic carbocycles. The van der Waals surface area contributed by atoms with Crippen LogP contribution in [0.5, 0.6) is 0 Å². The van der Waals surface area contributed by atoms with Crippen molar-refractivity contribution in [1.29, 1.82) is 0 Å². The van der Waals surface area contributed by atoms with Gasteiger partial charge in [0.05, 0.1) is 0 Å². The van der Waals surface area contributed by atoms with Gasteiger partial charge in [-0.1, -0.05) is 33.1 Å². The largest absolute Gasteiger partial charge is 0.356 e. The molecule has 4 heteroatoms. The van der Waals surface area contributed by atoms with Gasteiger partial charge in [-0.3, -0.25) is 0 Å². The topological polar surface area (TPSA) is 28.2 Å². The Balaban J connectivity index is 2.09. The SMILES string of the molecule is CC(C)CNCc1cc(Br)cnc1N(C)C1CCCCC1. The molecule has 0 atom stereocenters. The number of nitrogens with zero attached hydrogens (tertiary/aromatic N) is 2. The fourth-order valence-electron chi connectivity index (χ4n) is 3.06. The third kappa shape index (κ3) is 4.96. The van der Waals surface area contributed by atoms with Crippen molar-refractivity contribution < 1.29 is 0 Å². The Labute approximate surface area is 137 Å². The summed E-state index contributed by atoms with van der Waals surface area (Å²) in [5.41, 5.74) is 1.29. The molecule has 0 unspecified atom stereocenters.